The molecular formula is C24H22N2O2S. The van der Waals surface area contributed by atoms with Crippen LogP contribution in [0.1, 0.15) is 41.6 Å². The van der Waals surface area contributed by atoms with Gasteiger partial charge in [0.15, 0.2) is 0 Å². The van der Waals surface area contributed by atoms with Gasteiger partial charge < -0.3 is 0 Å². The normalized spacial score (nSPS) is 16.0. The molecule has 2 aliphatic rings. The fourth-order valence-electron chi connectivity index (χ4n) is 4.57. The molecule has 146 valence electrons. The lowest BCUT2D eigenvalue weighted by molar-refractivity contribution is 0.592. The molecule has 0 saturated heterocycles. The Morgan fingerprint density at radius 2 is 1.93 bits per heavy atom. The highest BCUT2D eigenvalue weighted by molar-refractivity contribution is 7.90. The number of hydrogen-bond acceptors (Lipinski definition) is 4. The Morgan fingerprint density at radius 3 is 2.79 bits per heavy atom. The molecule has 0 radical (unpaired) electrons. The molecule has 0 bridgehead atoms. The second kappa shape index (κ2) is 6.92. The van der Waals surface area contributed by atoms with E-state index in [0.29, 0.717) is 6.42 Å². The molecule has 0 spiro atoms. The number of nitrogens with zero attached hydrogens (tertiary/aromatic N) is 2. The average molecular weight is 403 g/mol. The van der Waals surface area contributed by atoms with E-state index in [-0.39, 0.29) is 5.16 Å². The molecule has 0 unspecified atom stereocenters. The molecular weight excluding hydrogens is 380 g/mol. The van der Waals surface area contributed by atoms with Crippen molar-refractivity contribution in [3.05, 3.63) is 82.7 Å². The second-order valence-corrected chi connectivity index (χ2v) is 9.75. The van der Waals surface area contributed by atoms with Gasteiger partial charge in [-0.05, 0) is 64.8 Å². The molecule has 0 saturated carbocycles. The van der Waals surface area contributed by atoms with Gasteiger partial charge in [-0.1, -0.05) is 48.1 Å². The van der Waals surface area contributed by atoms with E-state index in [1.54, 1.807) is 11.6 Å². The number of benzene rings is 2. The van der Waals surface area contributed by atoms with E-state index >= 15 is 0 Å². The van der Waals surface area contributed by atoms with Crippen LogP contribution >= 0.6 is 0 Å². The first kappa shape index (κ1) is 18.3. The van der Waals surface area contributed by atoms with Crippen LogP contribution < -0.4 is 0 Å². The fourth-order valence-corrected chi connectivity index (χ4v) is 5.11. The average Bonchev–Trinajstić information content (AvgIpc) is 2.73. The number of allylic oxidation sites excluding steroid dienone is 4. The molecule has 4 nitrogen and oxygen atoms in total. The minimum absolute atomic E-state index is 0.112. The summed E-state index contributed by atoms with van der Waals surface area (Å²) in [5.74, 6) is 0. The van der Waals surface area contributed by atoms with Crippen LogP contribution in [0.15, 0.2) is 65.5 Å². The van der Waals surface area contributed by atoms with E-state index in [1.165, 1.54) is 45.7 Å². The summed E-state index contributed by atoms with van der Waals surface area (Å²) in [6.07, 6.45) is 12.3. The fraction of sp³-hybridized carbons (Fsp3) is 0.250. The van der Waals surface area contributed by atoms with Crippen molar-refractivity contribution in [2.24, 2.45) is 0 Å². The number of hydrogen-bond donors (Lipinski definition) is 0. The summed E-state index contributed by atoms with van der Waals surface area (Å²) in [6.45, 7) is 0. The van der Waals surface area contributed by atoms with Gasteiger partial charge in [-0.25, -0.2) is 18.4 Å². The quantitative estimate of drug-likeness (QED) is 0.597. The molecule has 2 aliphatic carbocycles. The Balaban J connectivity index is 1.65. The minimum Gasteiger partial charge on any atom is -0.227 e. The maximum absolute atomic E-state index is 11.8. The van der Waals surface area contributed by atoms with Crippen molar-refractivity contribution in [1.29, 1.82) is 0 Å². The molecule has 1 heterocycles. The Labute approximate surface area is 170 Å². The first-order valence-corrected chi connectivity index (χ1v) is 11.8. The SMILES string of the molecule is CS(=O)(=O)c1nccc(Cc2cccc3ccc4c(c23)CCC2=C4C=CCC2)n1. The molecule has 1 aromatic heterocycles. The van der Waals surface area contributed by atoms with Crippen LogP contribution in [0.2, 0.25) is 0 Å². The van der Waals surface area contributed by atoms with Crippen molar-refractivity contribution >= 4 is 26.2 Å². The molecule has 0 amide bonds. The summed E-state index contributed by atoms with van der Waals surface area (Å²) in [5, 5.41) is 2.40. The van der Waals surface area contributed by atoms with Crippen LogP contribution in [0, 0.1) is 0 Å². The van der Waals surface area contributed by atoms with Crippen molar-refractivity contribution in [1.82, 2.24) is 9.97 Å². The van der Waals surface area contributed by atoms with E-state index in [2.05, 4.69) is 52.5 Å². The van der Waals surface area contributed by atoms with E-state index in [1.807, 2.05) is 0 Å². The second-order valence-electron chi connectivity index (χ2n) is 7.84. The monoisotopic (exact) mass is 402 g/mol. The smallest absolute Gasteiger partial charge is 0.227 e. The van der Waals surface area contributed by atoms with Crippen LogP contribution in [0.25, 0.3) is 16.3 Å². The van der Waals surface area contributed by atoms with E-state index in [0.717, 1.165) is 31.2 Å². The van der Waals surface area contributed by atoms with Gasteiger partial charge in [0, 0.05) is 24.6 Å². The van der Waals surface area contributed by atoms with Gasteiger partial charge >= 0.3 is 0 Å². The Bertz CT molecular complexity index is 1300. The molecule has 0 atom stereocenters. The molecule has 5 heteroatoms. The van der Waals surface area contributed by atoms with Crippen LogP contribution in [-0.4, -0.2) is 24.6 Å². The number of sulfone groups is 1. The third-order valence-corrected chi connectivity index (χ3v) is 6.74. The highest BCUT2D eigenvalue weighted by Gasteiger charge is 2.22. The lowest BCUT2D eigenvalue weighted by atomic mass is 9.78. The standard InChI is InChI=1S/C24H22N2O2S/c1-29(27,28)24-25-14-13-19(26-24)15-18-7-4-6-17-10-11-21-20-8-3-2-5-16(20)9-12-22(21)23(17)18/h3-4,6-8,10-11,13-14H,2,5,9,12,15H2,1H3. The first-order chi connectivity index (χ1) is 14.0. The first-order valence-electron chi connectivity index (χ1n) is 9.95. The van der Waals surface area contributed by atoms with Gasteiger partial charge in [0.05, 0.1) is 0 Å². The summed E-state index contributed by atoms with van der Waals surface area (Å²) in [6, 6.07) is 12.6. The molecule has 0 aliphatic heterocycles. The Hall–Kier alpha value is -2.79. The van der Waals surface area contributed by atoms with Crippen molar-refractivity contribution < 1.29 is 8.42 Å². The highest BCUT2D eigenvalue weighted by atomic mass is 32.2. The summed E-state index contributed by atoms with van der Waals surface area (Å²) in [5.41, 5.74) is 7.63. The third-order valence-electron chi connectivity index (χ3n) is 5.88. The summed E-state index contributed by atoms with van der Waals surface area (Å²) in [4.78, 5) is 8.22. The van der Waals surface area contributed by atoms with Crippen LogP contribution in [0.5, 0.6) is 0 Å². The largest absolute Gasteiger partial charge is 0.246 e. The number of aryl methyl sites for hydroxylation is 1. The molecule has 2 aromatic carbocycles. The van der Waals surface area contributed by atoms with Gasteiger partial charge in [-0.3, -0.25) is 0 Å². The Morgan fingerprint density at radius 1 is 1.03 bits per heavy atom. The van der Waals surface area contributed by atoms with Crippen LogP contribution in [0.4, 0.5) is 0 Å². The minimum atomic E-state index is -3.42. The zero-order valence-electron chi connectivity index (χ0n) is 16.4. The molecule has 29 heavy (non-hydrogen) atoms. The summed E-state index contributed by atoms with van der Waals surface area (Å²) >= 11 is 0. The van der Waals surface area contributed by atoms with Crippen LogP contribution in [-0.2, 0) is 22.7 Å². The molecule has 3 aromatic rings. The van der Waals surface area contributed by atoms with E-state index in [4.69, 9.17) is 0 Å². The van der Waals surface area contributed by atoms with Gasteiger partial charge in [0.25, 0.3) is 0 Å². The predicted molar refractivity (Wildman–Crippen MR) is 116 cm³/mol. The molecule has 0 N–H and O–H groups in total. The van der Waals surface area contributed by atoms with Gasteiger partial charge in [0.2, 0.25) is 15.0 Å². The predicted octanol–water partition coefficient (Wildman–Crippen LogP) is 4.67. The van der Waals surface area contributed by atoms with Crippen LogP contribution in [0.3, 0.4) is 0 Å². The number of aromatic nitrogens is 2. The summed E-state index contributed by atoms with van der Waals surface area (Å²) < 4.78 is 23.7. The zero-order chi connectivity index (χ0) is 20.0. The topological polar surface area (TPSA) is 59.9 Å². The van der Waals surface area contributed by atoms with Crippen molar-refractivity contribution in [3.8, 4) is 0 Å². The lowest BCUT2D eigenvalue weighted by Gasteiger charge is -2.26. The third kappa shape index (κ3) is 3.29. The molecule has 5 rings (SSSR count). The van der Waals surface area contributed by atoms with Gasteiger partial charge in [-0.2, -0.15) is 0 Å². The van der Waals surface area contributed by atoms with Gasteiger partial charge in [-0.15, -0.1) is 0 Å². The van der Waals surface area contributed by atoms with E-state index < -0.39 is 9.84 Å². The maximum Gasteiger partial charge on any atom is 0.246 e. The van der Waals surface area contributed by atoms with Crippen molar-refractivity contribution in [2.45, 2.75) is 37.3 Å². The number of fused-ring (bicyclic) bond motifs is 4. The highest BCUT2D eigenvalue weighted by Crippen LogP contribution is 2.40. The van der Waals surface area contributed by atoms with Crippen molar-refractivity contribution in [2.75, 3.05) is 6.26 Å². The Kier molecular flexibility index (Phi) is 4.36. The summed E-state index contributed by atoms with van der Waals surface area (Å²) in [7, 11) is -3.42. The molecule has 0 fully saturated rings. The van der Waals surface area contributed by atoms with Gasteiger partial charge in [0.1, 0.15) is 0 Å². The maximum atomic E-state index is 11.8. The van der Waals surface area contributed by atoms with Crippen molar-refractivity contribution in [3.63, 3.8) is 0 Å². The number of rotatable bonds is 3. The zero-order valence-corrected chi connectivity index (χ0v) is 17.2. The lowest BCUT2D eigenvalue weighted by Crippen LogP contribution is -2.09. The van der Waals surface area contributed by atoms with E-state index in [9.17, 15) is 8.42 Å².